The van der Waals surface area contributed by atoms with Gasteiger partial charge in [0.1, 0.15) is 22.5 Å². The third-order valence-electron chi connectivity index (χ3n) is 4.89. The molecule has 9 heteroatoms. The van der Waals surface area contributed by atoms with Crippen molar-refractivity contribution < 1.29 is 9.15 Å². The van der Waals surface area contributed by atoms with E-state index in [0.29, 0.717) is 58.0 Å². The molecule has 1 aromatic carbocycles. The van der Waals surface area contributed by atoms with Crippen LogP contribution in [0.5, 0.6) is 0 Å². The molecular weight excluding hydrogens is 384 g/mol. The molecule has 9 nitrogen and oxygen atoms in total. The average Bonchev–Trinajstić information content (AvgIpc) is 3.36. The van der Waals surface area contributed by atoms with Gasteiger partial charge in [-0.15, -0.1) is 0 Å². The van der Waals surface area contributed by atoms with Crippen LogP contribution >= 0.6 is 0 Å². The molecule has 0 amide bonds. The van der Waals surface area contributed by atoms with E-state index in [1.807, 2.05) is 24.3 Å². The van der Waals surface area contributed by atoms with Crippen molar-refractivity contribution in [2.75, 3.05) is 13.7 Å². The largest absolute Gasteiger partial charge is 0.463 e. The molecule has 5 aromatic rings. The van der Waals surface area contributed by atoms with Crippen molar-refractivity contribution in [3.8, 4) is 0 Å². The van der Waals surface area contributed by atoms with Crippen LogP contribution in [0, 0.1) is 6.92 Å². The number of benzene rings is 1. The number of aromatic nitrogens is 5. The second-order valence-electron chi connectivity index (χ2n) is 6.76. The van der Waals surface area contributed by atoms with Gasteiger partial charge in [0.2, 0.25) is 0 Å². The Morgan fingerprint density at radius 1 is 1.10 bits per heavy atom. The van der Waals surface area contributed by atoms with Gasteiger partial charge in [0, 0.05) is 7.11 Å². The molecule has 4 aromatic heterocycles. The van der Waals surface area contributed by atoms with Crippen LogP contribution < -0.4 is 5.56 Å². The van der Waals surface area contributed by atoms with Gasteiger partial charge in [-0.25, -0.2) is 15.0 Å². The summed E-state index contributed by atoms with van der Waals surface area (Å²) in [6, 6.07) is 11.1. The highest BCUT2D eigenvalue weighted by Crippen LogP contribution is 2.25. The third kappa shape index (κ3) is 2.87. The zero-order valence-electron chi connectivity index (χ0n) is 16.4. The maximum Gasteiger partial charge on any atom is 0.265 e. The van der Waals surface area contributed by atoms with Gasteiger partial charge in [-0.05, 0) is 31.2 Å². The fourth-order valence-corrected chi connectivity index (χ4v) is 3.45. The van der Waals surface area contributed by atoms with Crippen LogP contribution in [0.2, 0.25) is 0 Å². The van der Waals surface area contributed by atoms with Crippen LogP contribution in [0.3, 0.4) is 0 Å². The van der Waals surface area contributed by atoms with Crippen LogP contribution in [0.15, 0.2) is 57.0 Å². The number of hydrogen-bond acceptors (Lipinski definition) is 7. The Kier molecular flexibility index (Phi) is 4.36. The topological polar surface area (TPSA) is 100 Å². The molecule has 0 aliphatic rings. The number of methoxy groups -OCH3 is 1. The van der Waals surface area contributed by atoms with Gasteiger partial charge in [-0.3, -0.25) is 9.36 Å². The standard InChI is InChI=1S/C21H18N6O3/c1-13-23-19-17(21(28)26(13)9-11-29-2)18-20(25-16-8-4-3-7-15(16)24-18)27(19)22-12-14-6-5-10-30-14/h3-8,10,12H,9,11H2,1-2H3. The van der Waals surface area contributed by atoms with Gasteiger partial charge in [-0.1, -0.05) is 12.1 Å². The van der Waals surface area contributed by atoms with Crippen molar-refractivity contribution in [2.24, 2.45) is 5.10 Å². The number of nitrogens with zero attached hydrogens (tertiary/aromatic N) is 6. The number of aryl methyl sites for hydroxylation is 1. The van der Waals surface area contributed by atoms with Gasteiger partial charge in [0.15, 0.2) is 11.3 Å². The molecule has 0 N–H and O–H groups in total. The third-order valence-corrected chi connectivity index (χ3v) is 4.89. The van der Waals surface area contributed by atoms with E-state index in [9.17, 15) is 4.79 Å². The molecular formula is C21H18N6O3. The van der Waals surface area contributed by atoms with Crippen LogP contribution in [-0.4, -0.2) is 44.1 Å². The lowest BCUT2D eigenvalue weighted by molar-refractivity contribution is 0.185. The molecule has 0 bridgehead atoms. The first kappa shape index (κ1) is 18.2. The van der Waals surface area contributed by atoms with E-state index in [1.165, 1.54) is 0 Å². The first-order valence-electron chi connectivity index (χ1n) is 9.42. The Balaban J connectivity index is 1.87. The fourth-order valence-electron chi connectivity index (χ4n) is 3.45. The number of fused-ring (bicyclic) bond motifs is 4. The zero-order chi connectivity index (χ0) is 20.7. The number of ether oxygens (including phenoxy) is 1. The maximum absolute atomic E-state index is 13.4. The maximum atomic E-state index is 13.4. The minimum atomic E-state index is -0.198. The van der Waals surface area contributed by atoms with Crippen LogP contribution in [0.25, 0.3) is 33.2 Å². The normalized spacial score (nSPS) is 12.1. The average molecular weight is 402 g/mol. The molecule has 150 valence electrons. The first-order chi connectivity index (χ1) is 14.7. The summed E-state index contributed by atoms with van der Waals surface area (Å²) >= 11 is 0. The quantitative estimate of drug-likeness (QED) is 0.419. The van der Waals surface area contributed by atoms with Crippen molar-refractivity contribution in [2.45, 2.75) is 13.5 Å². The van der Waals surface area contributed by atoms with E-state index in [2.05, 4.69) is 10.1 Å². The molecule has 30 heavy (non-hydrogen) atoms. The zero-order valence-corrected chi connectivity index (χ0v) is 16.4. The van der Waals surface area contributed by atoms with E-state index < -0.39 is 0 Å². The molecule has 4 heterocycles. The Morgan fingerprint density at radius 2 is 1.90 bits per heavy atom. The Bertz CT molecular complexity index is 1460. The Hall–Kier alpha value is -3.85. The molecule has 0 aliphatic carbocycles. The molecule has 0 atom stereocenters. The molecule has 0 radical (unpaired) electrons. The van der Waals surface area contributed by atoms with Crippen LogP contribution in [-0.2, 0) is 11.3 Å². The lowest BCUT2D eigenvalue weighted by Gasteiger charge is -2.08. The summed E-state index contributed by atoms with van der Waals surface area (Å²) in [7, 11) is 1.60. The summed E-state index contributed by atoms with van der Waals surface area (Å²) in [4.78, 5) is 27.5. The summed E-state index contributed by atoms with van der Waals surface area (Å²) in [5.41, 5.74) is 2.53. The predicted octanol–water partition coefficient (Wildman–Crippen LogP) is 2.72. The second-order valence-corrected chi connectivity index (χ2v) is 6.76. The number of hydrogen-bond donors (Lipinski definition) is 0. The molecule has 0 spiro atoms. The summed E-state index contributed by atoms with van der Waals surface area (Å²) < 4.78 is 13.6. The van der Waals surface area contributed by atoms with Gasteiger partial charge in [-0.2, -0.15) is 9.78 Å². The highest BCUT2D eigenvalue weighted by molar-refractivity contribution is 6.04. The van der Waals surface area contributed by atoms with Crippen molar-refractivity contribution in [1.82, 2.24) is 24.2 Å². The van der Waals surface area contributed by atoms with Crippen molar-refractivity contribution in [3.05, 3.63) is 64.6 Å². The molecule has 0 saturated heterocycles. The van der Waals surface area contributed by atoms with Crippen LogP contribution in [0.1, 0.15) is 11.6 Å². The van der Waals surface area contributed by atoms with E-state index in [4.69, 9.17) is 19.1 Å². The SMILES string of the molecule is COCCn1c(C)nc2c(c1=O)c1nc3ccccc3nc1n2N=Cc1ccco1. The number of para-hydroxylation sites is 2. The van der Waals surface area contributed by atoms with Gasteiger partial charge in [0.05, 0.1) is 36.7 Å². The van der Waals surface area contributed by atoms with E-state index in [-0.39, 0.29) is 5.56 Å². The highest BCUT2D eigenvalue weighted by Gasteiger charge is 2.21. The van der Waals surface area contributed by atoms with Crippen molar-refractivity contribution in [1.29, 1.82) is 0 Å². The smallest absolute Gasteiger partial charge is 0.265 e. The van der Waals surface area contributed by atoms with Gasteiger partial charge < -0.3 is 9.15 Å². The second kappa shape index (κ2) is 7.20. The predicted molar refractivity (Wildman–Crippen MR) is 113 cm³/mol. The first-order valence-corrected chi connectivity index (χ1v) is 9.42. The molecule has 0 fully saturated rings. The number of furan rings is 1. The monoisotopic (exact) mass is 402 g/mol. The van der Waals surface area contributed by atoms with E-state index in [0.717, 1.165) is 0 Å². The van der Waals surface area contributed by atoms with E-state index >= 15 is 0 Å². The lowest BCUT2D eigenvalue weighted by Crippen LogP contribution is -2.25. The minimum Gasteiger partial charge on any atom is -0.463 e. The van der Waals surface area contributed by atoms with Crippen LogP contribution in [0.4, 0.5) is 0 Å². The summed E-state index contributed by atoms with van der Waals surface area (Å²) in [5.74, 6) is 1.13. The summed E-state index contributed by atoms with van der Waals surface area (Å²) in [6.07, 6.45) is 3.13. The minimum absolute atomic E-state index is 0.198. The molecule has 0 saturated carbocycles. The van der Waals surface area contributed by atoms with Gasteiger partial charge >= 0.3 is 0 Å². The van der Waals surface area contributed by atoms with Crippen molar-refractivity contribution in [3.63, 3.8) is 0 Å². The number of rotatable bonds is 5. The van der Waals surface area contributed by atoms with Crippen molar-refractivity contribution >= 4 is 39.4 Å². The Labute approximate surface area is 170 Å². The molecule has 0 aliphatic heterocycles. The van der Waals surface area contributed by atoms with Gasteiger partial charge in [0.25, 0.3) is 5.56 Å². The Morgan fingerprint density at radius 3 is 2.63 bits per heavy atom. The molecule has 0 unspecified atom stereocenters. The van der Waals surface area contributed by atoms with E-state index in [1.54, 1.807) is 47.9 Å². The summed E-state index contributed by atoms with van der Waals surface area (Å²) in [5, 5.41) is 4.88. The lowest BCUT2D eigenvalue weighted by atomic mass is 10.3. The highest BCUT2D eigenvalue weighted by atomic mass is 16.5. The fraction of sp³-hybridized carbons (Fsp3) is 0.190. The summed E-state index contributed by atoms with van der Waals surface area (Å²) in [6.45, 7) is 2.58. The molecule has 5 rings (SSSR count).